The highest BCUT2D eigenvalue weighted by atomic mass is 35.5. The van der Waals surface area contributed by atoms with E-state index in [9.17, 15) is 9.59 Å². The van der Waals surface area contributed by atoms with Crippen LogP contribution in [0.5, 0.6) is 5.75 Å². The van der Waals surface area contributed by atoms with E-state index in [-0.39, 0.29) is 35.5 Å². The molecule has 4 rings (SSSR count). The average Bonchev–Trinajstić information content (AvgIpc) is 3.15. The normalized spacial score (nSPS) is 18.6. The number of nitrogens with one attached hydrogen (secondary N) is 1. The fourth-order valence-corrected chi connectivity index (χ4v) is 5.62. The Kier molecular flexibility index (Phi) is 7.51. The number of halogens is 1. The summed E-state index contributed by atoms with van der Waals surface area (Å²) < 4.78 is 11.1. The number of aromatic nitrogens is 1. The van der Waals surface area contributed by atoms with Crippen molar-refractivity contribution in [1.82, 2.24) is 4.98 Å². The van der Waals surface area contributed by atoms with Gasteiger partial charge in [0.05, 0.1) is 17.7 Å². The van der Waals surface area contributed by atoms with E-state index in [4.69, 9.17) is 21.1 Å². The average molecular weight is 510 g/mol. The number of hydrogen-bond acceptors (Lipinski definition) is 4. The molecule has 0 bridgehead atoms. The maximum atomic E-state index is 13.3. The number of fused-ring (bicyclic) bond motifs is 1. The molecule has 36 heavy (non-hydrogen) atoms. The van der Waals surface area contributed by atoms with Crippen molar-refractivity contribution < 1.29 is 19.1 Å². The Labute approximate surface area is 218 Å². The maximum absolute atomic E-state index is 13.3. The molecule has 6 heteroatoms. The number of aromatic amines is 1. The first-order chi connectivity index (χ1) is 17.0. The van der Waals surface area contributed by atoms with Gasteiger partial charge in [-0.25, -0.2) is 4.79 Å². The van der Waals surface area contributed by atoms with Gasteiger partial charge >= 0.3 is 5.97 Å². The minimum atomic E-state index is -0.492. The fourth-order valence-electron chi connectivity index (χ4n) is 5.29. The van der Waals surface area contributed by atoms with Crippen LogP contribution < -0.4 is 4.74 Å². The number of carbonyl (C=O) groups excluding carboxylic acids is 2. The van der Waals surface area contributed by atoms with Gasteiger partial charge < -0.3 is 14.5 Å². The lowest BCUT2D eigenvalue weighted by Crippen LogP contribution is -2.31. The van der Waals surface area contributed by atoms with E-state index in [1.165, 1.54) is 0 Å². The molecule has 5 nitrogen and oxygen atoms in total. The highest BCUT2D eigenvalue weighted by Gasteiger charge is 2.37. The molecule has 0 radical (unpaired) electrons. The minimum absolute atomic E-state index is 0.0651. The van der Waals surface area contributed by atoms with Crippen LogP contribution in [0.15, 0.2) is 36.4 Å². The quantitative estimate of drug-likeness (QED) is 0.342. The summed E-state index contributed by atoms with van der Waals surface area (Å²) in [7, 11) is 0. The second kappa shape index (κ2) is 10.3. The molecule has 1 N–H and O–H groups in total. The first-order valence-electron chi connectivity index (χ1n) is 12.8. The molecule has 1 saturated carbocycles. The molecule has 3 aromatic rings. The van der Waals surface area contributed by atoms with Gasteiger partial charge in [0.2, 0.25) is 0 Å². The van der Waals surface area contributed by atoms with Gasteiger partial charge in [-0.3, -0.25) is 4.79 Å². The van der Waals surface area contributed by atoms with Gasteiger partial charge in [0.25, 0.3) is 0 Å². The van der Waals surface area contributed by atoms with Gasteiger partial charge in [-0.15, -0.1) is 0 Å². The zero-order chi connectivity index (χ0) is 26.2. The number of rotatable bonds is 6. The molecule has 1 aromatic heterocycles. The lowest BCUT2D eigenvalue weighted by atomic mass is 9.66. The van der Waals surface area contributed by atoms with E-state index < -0.39 is 5.97 Å². The van der Waals surface area contributed by atoms with Crippen molar-refractivity contribution in [3.8, 4) is 16.9 Å². The number of esters is 1. The molecule has 0 saturated heterocycles. The van der Waals surface area contributed by atoms with E-state index in [0.717, 1.165) is 46.2 Å². The van der Waals surface area contributed by atoms with E-state index in [1.54, 1.807) is 6.92 Å². The van der Waals surface area contributed by atoms with Crippen LogP contribution in [0.2, 0.25) is 5.02 Å². The third kappa shape index (κ3) is 5.17. The van der Waals surface area contributed by atoms with Crippen LogP contribution in [-0.4, -0.2) is 29.4 Å². The van der Waals surface area contributed by atoms with Crippen molar-refractivity contribution in [2.45, 2.75) is 72.8 Å². The Morgan fingerprint density at radius 1 is 1.14 bits per heavy atom. The molecule has 192 valence electrons. The van der Waals surface area contributed by atoms with Crippen molar-refractivity contribution in [3.63, 3.8) is 0 Å². The number of ether oxygens (including phenoxy) is 2. The van der Waals surface area contributed by atoms with Gasteiger partial charge in [0.1, 0.15) is 17.2 Å². The Hall–Kier alpha value is -2.79. The summed E-state index contributed by atoms with van der Waals surface area (Å²) in [5.74, 6) is 0.742. The van der Waals surface area contributed by atoms with E-state index in [0.29, 0.717) is 17.4 Å². The summed E-state index contributed by atoms with van der Waals surface area (Å²) in [6, 6.07) is 11.8. The first kappa shape index (κ1) is 26.3. The molecule has 2 unspecified atom stereocenters. The van der Waals surface area contributed by atoms with Crippen LogP contribution >= 0.6 is 11.6 Å². The lowest BCUT2D eigenvalue weighted by Gasteiger charge is -2.37. The Bertz CT molecular complexity index is 1270. The van der Waals surface area contributed by atoms with Crippen molar-refractivity contribution in [3.05, 3.63) is 52.7 Å². The van der Waals surface area contributed by atoms with Crippen LogP contribution in [0.25, 0.3) is 22.0 Å². The molecule has 0 aliphatic heterocycles. The summed E-state index contributed by atoms with van der Waals surface area (Å²) >= 11 is 6.85. The number of benzene rings is 2. The summed E-state index contributed by atoms with van der Waals surface area (Å²) in [5, 5.41) is 1.05. The molecular formula is C30H36ClNO4. The highest BCUT2D eigenvalue weighted by Crippen LogP contribution is 2.47. The van der Waals surface area contributed by atoms with E-state index in [1.807, 2.05) is 50.2 Å². The number of Topliss-reactive ketones (excluding diaryl/α,β-unsaturated/α-hetero) is 1. The molecule has 2 aromatic carbocycles. The minimum Gasteiger partial charge on any atom is -0.491 e. The predicted octanol–water partition coefficient (Wildman–Crippen LogP) is 7.95. The van der Waals surface area contributed by atoms with Crippen LogP contribution in [0.1, 0.15) is 82.8 Å². The molecule has 1 aliphatic carbocycles. The topological polar surface area (TPSA) is 68.4 Å². The van der Waals surface area contributed by atoms with Gasteiger partial charge in [-0.05, 0) is 79.8 Å². The van der Waals surface area contributed by atoms with Gasteiger partial charge in [-0.2, -0.15) is 0 Å². The molecule has 2 atom stereocenters. The zero-order valence-corrected chi connectivity index (χ0v) is 22.8. The molecule has 0 amide bonds. The predicted molar refractivity (Wildman–Crippen MR) is 145 cm³/mol. The Morgan fingerprint density at radius 3 is 2.44 bits per heavy atom. The molecule has 0 spiro atoms. The van der Waals surface area contributed by atoms with Gasteiger partial charge in [-0.1, -0.05) is 50.6 Å². The number of hydrogen-bond donors (Lipinski definition) is 1. The van der Waals surface area contributed by atoms with E-state index >= 15 is 0 Å². The zero-order valence-electron chi connectivity index (χ0n) is 22.0. The smallest absolute Gasteiger partial charge is 0.356 e. The van der Waals surface area contributed by atoms with Crippen LogP contribution in [0.4, 0.5) is 0 Å². The lowest BCUT2D eigenvalue weighted by molar-refractivity contribution is -0.123. The van der Waals surface area contributed by atoms with Crippen molar-refractivity contribution in [2.24, 2.45) is 11.3 Å². The second-order valence-corrected chi connectivity index (χ2v) is 11.4. The summed E-state index contributed by atoms with van der Waals surface area (Å²) in [4.78, 5) is 29.1. The third-order valence-electron chi connectivity index (χ3n) is 7.18. The summed E-state index contributed by atoms with van der Waals surface area (Å²) in [5.41, 5.74) is 3.84. The van der Waals surface area contributed by atoms with Crippen molar-refractivity contribution in [2.75, 3.05) is 6.61 Å². The Balaban J connectivity index is 1.92. The van der Waals surface area contributed by atoms with Crippen LogP contribution in [0, 0.1) is 11.3 Å². The van der Waals surface area contributed by atoms with Crippen LogP contribution in [0.3, 0.4) is 0 Å². The number of H-pyrrole nitrogens is 1. The van der Waals surface area contributed by atoms with E-state index in [2.05, 4.69) is 25.8 Å². The number of carbonyl (C=O) groups is 2. The van der Waals surface area contributed by atoms with Crippen LogP contribution in [-0.2, 0) is 9.53 Å². The highest BCUT2D eigenvalue weighted by molar-refractivity contribution is 6.39. The summed E-state index contributed by atoms with van der Waals surface area (Å²) in [6.45, 7) is 12.7. The van der Waals surface area contributed by atoms with Crippen molar-refractivity contribution >= 4 is 34.3 Å². The third-order valence-corrected chi connectivity index (χ3v) is 7.56. The second-order valence-electron chi connectivity index (χ2n) is 11.0. The first-order valence-corrected chi connectivity index (χ1v) is 13.2. The largest absolute Gasteiger partial charge is 0.491 e. The van der Waals surface area contributed by atoms with Gasteiger partial charge in [0, 0.05) is 23.2 Å². The molecule has 1 aliphatic rings. The SMILES string of the molecule is CCOC(=O)c1[nH]c2ccc(C3CC(C(C)(C)C)CCC3=O)c(-c3ccc(OC(C)C)cc3)c2c1Cl. The summed E-state index contributed by atoms with van der Waals surface area (Å²) in [6.07, 6.45) is 2.34. The van der Waals surface area contributed by atoms with Crippen molar-refractivity contribution in [1.29, 1.82) is 0 Å². The standard InChI is InChI=1S/C30H36ClNO4/c1-7-35-29(34)28-27(31)26-23(32-28)14-13-21(22-16-19(30(4,5)6)10-15-24(22)33)25(26)18-8-11-20(12-9-18)36-17(2)3/h8-9,11-14,17,19,22,32H,7,10,15-16H2,1-6H3. The van der Waals surface area contributed by atoms with Gasteiger partial charge in [0.15, 0.2) is 0 Å². The molecule has 1 heterocycles. The Morgan fingerprint density at radius 2 is 1.83 bits per heavy atom. The molecular weight excluding hydrogens is 474 g/mol. The number of ketones is 1. The molecule has 1 fully saturated rings. The monoisotopic (exact) mass is 509 g/mol. The fraction of sp³-hybridized carbons (Fsp3) is 0.467. The maximum Gasteiger partial charge on any atom is 0.356 e.